The summed E-state index contributed by atoms with van der Waals surface area (Å²) in [5.41, 5.74) is 0.875. The lowest BCUT2D eigenvalue weighted by Crippen LogP contribution is -2.49. The number of hydrogen-bond donors (Lipinski definition) is 1. The number of ether oxygens (including phenoxy) is 1. The Kier molecular flexibility index (Phi) is 7.48. The molecule has 0 bridgehead atoms. The van der Waals surface area contributed by atoms with Crippen molar-refractivity contribution < 1.29 is 22.3 Å². The van der Waals surface area contributed by atoms with Gasteiger partial charge >= 0.3 is 0 Å². The van der Waals surface area contributed by atoms with E-state index in [0.29, 0.717) is 10.6 Å². The molecule has 0 aliphatic carbocycles. The van der Waals surface area contributed by atoms with Crippen molar-refractivity contribution in [3.63, 3.8) is 0 Å². The van der Waals surface area contributed by atoms with Crippen LogP contribution in [-0.4, -0.2) is 33.7 Å². The van der Waals surface area contributed by atoms with E-state index < -0.39 is 28.0 Å². The Morgan fingerprint density at radius 1 is 1.24 bits per heavy atom. The van der Waals surface area contributed by atoms with Crippen LogP contribution in [0.4, 0.5) is 10.1 Å². The molecule has 0 aromatic heterocycles. The molecule has 2 rings (SSSR count). The van der Waals surface area contributed by atoms with Gasteiger partial charge in [-0.3, -0.25) is 9.10 Å². The van der Waals surface area contributed by atoms with Crippen LogP contribution >= 0.6 is 11.6 Å². The monoisotopic (exact) mass is 442 g/mol. The summed E-state index contributed by atoms with van der Waals surface area (Å²) in [5.74, 6) is -0.593. The molecule has 158 valence electrons. The van der Waals surface area contributed by atoms with Crippen LogP contribution in [0.25, 0.3) is 0 Å². The molecule has 0 heterocycles. The molecule has 2 aromatic carbocycles. The van der Waals surface area contributed by atoms with E-state index in [-0.39, 0.29) is 23.7 Å². The van der Waals surface area contributed by atoms with E-state index >= 15 is 0 Å². The van der Waals surface area contributed by atoms with Gasteiger partial charge in [-0.1, -0.05) is 30.7 Å². The Balaban J connectivity index is 2.40. The first-order valence-electron chi connectivity index (χ1n) is 8.97. The van der Waals surface area contributed by atoms with E-state index in [1.807, 2.05) is 0 Å². The lowest BCUT2D eigenvalue weighted by atomic mass is 10.1. The van der Waals surface area contributed by atoms with Crippen molar-refractivity contribution in [3.05, 3.63) is 58.9 Å². The van der Waals surface area contributed by atoms with E-state index in [1.165, 1.54) is 25.3 Å². The Morgan fingerprint density at radius 3 is 2.38 bits per heavy atom. The molecule has 6 nitrogen and oxygen atoms in total. The lowest BCUT2D eigenvalue weighted by Gasteiger charge is -2.32. The quantitative estimate of drug-likeness (QED) is 0.672. The number of halogens is 2. The number of nitrogens with one attached hydrogen (secondary N) is 1. The molecule has 0 unspecified atom stereocenters. The lowest BCUT2D eigenvalue weighted by molar-refractivity contribution is -0.122. The van der Waals surface area contributed by atoms with E-state index in [4.69, 9.17) is 16.3 Å². The molecule has 2 aromatic rings. The second-order valence-corrected chi connectivity index (χ2v) is 8.88. The average molecular weight is 443 g/mol. The second-order valence-electron chi connectivity index (χ2n) is 6.58. The summed E-state index contributed by atoms with van der Waals surface area (Å²) >= 11 is 6.06. The Morgan fingerprint density at radius 2 is 1.86 bits per heavy atom. The molecule has 0 spiro atoms. The maximum absolute atomic E-state index is 13.1. The summed E-state index contributed by atoms with van der Waals surface area (Å²) in [6, 6.07) is 8.82. The van der Waals surface area contributed by atoms with Crippen molar-refractivity contribution in [3.8, 4) is 5.75 Å². The molecule has 1 amide bonds. The summed E-state index contributed by atoms with van der Waals surface area (Å²) in [6.45, 7) is 3.45. The van der Waals surface area contributed by atoms with Gasteiger partial charge in [-0.25, -0.2) is 12.8 Å². The van der Waals surface area contributed by atoms with E-state index in [9.17, 15) is 17.6 Å². The summed E-state index contributed by atoms with van der Waals surface area (Å²) < 4.78 is 44.7. The van der Waals surface area contributed by atoms with Crippen molar-refractivity contribution in [2.45, 2.75) is 32.4 Å². The van der Waals surface area contributed by atoms with Gasteiger partial charge in [-0.2, -0.15) is 0 Å². The molecule has 2 atom stereocenters. The standard InChI is InChI=1S/C20H24ClFN2O4S/c1-5-17(20(25)23-13(2)14-6-9-16(22)10-7-14)24(29(4,26)27)18-12-15(21)8-11-19(18)28-3/h6-13,17H,5H2,1-4H3,(H,23,25)/t13-,17-/m0/s1. The van der Waals surface area contributed by atoms with Gasteiger partial charge in [-0.05, 0) is 49.2 Å². The van der Waals surface area contributed by atoms with E-state index in [1.54, 1.807) is 38.1 Å². The fraction of sp³-hybridized carbons (Fsp3) is 0.350. The number of benzene rings is 2. The zero-order valence-corrected chi connectivity index (χ0v) is 18.2. The summed E-state index contributed by atoms with van der Waals surface area (Å²) in [4.78, 5) is 13.0. The van der Waals surface area contributed by atoms with Crippen molar-refractivity contribution in [1.82, 2.24) is 5.32 Å². The van der Waals surface area contributed by atoms with Gasteiger partial charge in [-0.15, -0.1) is 0 Å². The molecule has 0 saturated heterocycles. The molecule has 9 heteroatoms. The SMILES string of the molecule is CC[C@@H](C(=O)N[C@@H](C)c1ccc(F)cc1)N(c1cc(Cl)ccc1OC)S(C)(=O)=O. The first-order valence-corrected chi connectivity index (χ1v) is 11.2. The molecule has 0 aliphatic heterocycles. The van der Waals surface area contributed by atoms with Crippen LogP contribution in [0.15, 0.2) is 42.5 Å². The highest BCUT2D eigenvalue weighted by Gasteiger charge is 2.34. The van der Waals surface area contributed by atoms with Gasteiger partial charge in [0, 0.05) is 5.02 Å². The summed E-state index contributed by atoms with van der Waals surface area (Å²) in [7, 11) is -2.44. The highest BCUT2D eigenvalue weighted by molar-refractivity contribution is 7.92. The molecule has 0 saturated carbocycles. The van der Waals surface area contributed by atoms with E-state index in [0.717, 1.165) is 10.6 Å². The number of carbonyl (C=O) groups is 1. The first-order chi connectivity index (χ1) is 13.6. The number of hydrogen-bond acceptors (Lipinski definition) is 4. The Hall–Kier alpha value is -2.32. The normalized spacial score (nSPS) is 13.4. The van der Waals surface area contributed by atoms with Crippen LogP contribution in [0.3, 0.4) is 0 Å². The number of carbonyl (C=O) groups excluding carboxylic acids is 1. The topological polar surface area (TPSA) is 75.7 Å². The van der Waals surface area contributed by atoms with Crippen LogP contribution in [0, 0.1) is 5.82 Å². The van der Waals surface area contributed by atoms with Crippen LogP contribution in [0.2, 0.25) is 5.02 Å². The Bertz CT molecular complexity index is 967. The molecule has 0 aliphatic rings. The minimum absolute atomic E-state index is 0.180. The van der Waals surface area contributed by atoms with Crippen molar-refractivity contribution in [1.29, 1.82) is 0 Å². The molecule has 29 heavy (non-hydrogen) atoms. The molecular weight excluding hydrogens is 419 g/mol. The molecule has 1 N–H and O–H groups in total. The van der Waals surface area contributed by atoms with Crippen LogP contribution < -0.4 is 14.4 Å². The van der Waals surface area contributed by atoms with Gasteiger partial charge in [0.2, 0.25) is 15.9 Å². The summed E-state index contributed by atoms with van der Waals surface area (Å²) in [5, 5.41) is 3.11. The molecule has 0 radical (unpaired) electrons. The molecule has 0 fully saturated rings. The third kappa shape index (κ3) is 5.61. The average Bonchev–Trinajstić information content (AvgIpc) is 2.65. The maximum atomic E-state index is 13.1. The number of anilines is 1. The fourth-order valence-corrected chi connectivity index (χ4v) is 4.39. The number of amides is 1. The third-order valence-electron chi connectivity index (χ3n) is 4.44. The van der Waals surface area contributed by atoms with Gasteiger partial charge in [0.15, 0.2) is 0 Å². The van der Waals surface area contributed by atoms with Gasteiger partial charge in [0.1, 0.15) is 17.6 Å². The number of nitrogens with zero attached hydrogens (tertiary/aromatic N) is 1. The van der Waals surface area contributed by atoms with Crippen LogP contribution in [0.5, 0.6) is 5.75 Å². The largest absolute Gasteiger partial charge is 0.495 e. The highest BCUT2D eigenvalue weighted by atomic mass is 35.5. The fourth-order valence-electron chi connectivity index (χ4n) is 3.02. The smallest absolute Gasteiger partial charge is 0.244 e. The number of rotatable bonds is 8. The van der Waals surface area contributed by atoms with Crippen LogP contribution in [0.1, 0.15) is 31.9 Å². The van der Waals surface area contributed by atoms with Crippen molar-refractivity contribution in [2.75, 3.05) is 17.7 Å². The predicted molar refractivity (Wildman–Crippen MR) is 112 cm³/mol. The Labute approximate surface area is 175 Å². The van der Waals surface area contributed by atoms with Crippen molar-refractivity contribution >= 4 is 33.2 Å². The highest BCUT2D eigenvalue weighted by Crippen LogP contribution is 2.35. The van der Waals surface area contributed by atoms with Gasteiger partial charge in [0.05, 0.1) is 25.1 Å². The minimum Gasteiger partial charge on any atom is -0.495 e. The minimum atomic E-state index is -3.85. The maximum Gasteiger partial charge on any atom is 0.244 e. The summed E-state index contributed by atoms with van der Waals surface area (Å²) in [6.07, 6.45) is 1.23. The predicted octanol–water partition coefficient (Wildman–Crippen LogP) is 3.91. The van der Waals surface area contributed by atoms with Gasteiger partial charge in [0.25, 0.3) is 0 Å². The molecular formula is C20H24ClFN2O4S. The van der Waals surface area contributed by atoms with Crippen LogP contribution in [-0.2, 0) is 14.8 Å². The second kappa shape index (κ2) is 9.45. The van der Waals surface area contributed by atoms with Crippen molar-refractivity contribution in [2.24, 2.45) is 0 Å². The van der Waals surface area contributed by atoms with E-state index in [2.05, 4.69) is 5.32 Å². The first kappa shape index (κ1) is 23.0. The number of sulfonamides is 1. The zero-order chi connectivity index (χ0) is 21.8. The third-order valence-corrected chi connectivity index (χ3v) is 5.84. The zero-order valence-electron chi connectivity index (χ0n) is 16.6. The van der Waals surface area contributed by atoms with Gasteiger partial charge < -0.3 is 10.1 Å². The number of methoxy groups -OCH3 is 1.